The van der Waals surface area contributed by atoms with Gasteiger partial charge >= 0.3 is 5.97 Å². The maximum Gasteiger partial charge on any atom is 0.342 e. The van der Waals surface area contributed by atoms with Gasteiger partial charge in [-0.3, -0.25) is 0 Å². The summed E-state index contributed by atoms with van der Waals surface area (Å²) in [7, 11) is 0. The number of hydrogen-bond acceptors (Lipinski definition) is 6. The topological polar surface area (TPSA) is 78.1 Å². The highest BCUT2D eigenvalue weighted by Gasteiger charge is 2.18. The minimum Gasteiger partial charge on any atom is -0.452 e. The zero-order chi connectivity index (χ0) is 18.7. The normalized spacial score (nSPS) is 10.8. The maximum atomic E-state index is 12.3. The fourth-order valence-electron chi connectivity index (χ4n) is 2.56. The van der Waals surface area contributed by atoms with E-state index in [9.17, 15) is 4.79 Å². The van der Waals surface area contributed by atoms with E-state index >= 15 is 0 Å². The molecule has 0 bridgehead atoms. The largest absolute Gasteiger partial charge is 0.452 e. The second-order valence-electron chi connectivity index (χ2n) is 5.88. The molecular weight excluding hydrogens is 354 g/mol. The highest BCUT2D eigenvalue weighted by molar-refractivity contribution is 6.32. The van der Waals surface area contributed by atoms with Crippen molar-refractivity contribution in [1.82, 2.24) is 15.1 Å². The third-order valence-corrected chi connectivity index (χ3v) is 4.19. The van der Waals surface area contributed by atoms with Gasteiger partial charge in [0.05, 0.1) is 5.56 Å². The SMILES string of the molecule is CCc1ccc(-c2noc(COC(=O)c3c(C)cc(C)nc3Cl)n2)cc1. The molecule has 2 aromatic heterocycles. The highest BCUT2D eigenvalue weighted by Crippen LogP contribution is 2.21. The smallest absolute Gasteiger partial charge is 0.342 e. The zero-order valence-corrected chi connectivity index (χ0v) is 15.5. The Morgan fingerprint density at radius 3 is 2.58 bits per heavy atom. The van der Waals surface area contributed by atoms with Crippen LogP contribution in [0.5, 0.6) is 0 Å². The Balaban J connectivity index is 1.69. The Kier molecular flexibility index (Phi) is 5.32. The van der Waals surface area contributed by atoms with Gasteiger partial charge in [0.2, 0.25) is 5.82 Å². The first-order valence-electron chi connectivity index (χ1n) is 8.20. The summed E-state index contributed by atoms with van der Waals surface area (Å²) in [6.07, 6.45) is 0.962. The number of pyridine rings is 1. The van der Waals surface area contributed by atoms with Gasteiger partial charge in [-0.25, -0.2) is 9.78 Å². The molecular formula is C19H18ClN3O3. The van der Waals surface area contributed by atoms with Crippen LogP contribution in [0.15, 0.2) is 34.9 Å². The van der Waals surface area contributed by atoms with Crippen LogP contribution in [0.2, 0.25) is 5.15 Å². The Morgan fingerprint density at radius 2 is 1.92 bits per heavy atom. The van der Waals surface area contributed by atoms with Crippen LogP contribution in [0.25, 0.3) is 11.4 Å². The number of nitrogens with zero attached hydrogens (tertiary/aromatic N) is 3. The van der Waals surface area contributed by atoms with Gasteiger partial charge < -0.3 is 9.26 Å². The molecule has 0 saturated carbocycles. The van der Waals surface area contributed by atoms with Gasteiger partial charge in [0.25, 0.3) is 5.89 Å². The summed E-state index contributed by atoms with van der Waals surface area (Å²) in [5, 5.41) is 4.04. The molecule has 6 nitrogen and oxygen atoms in total. The molecule has 0 unspecified atom stereocenters. The number of carbonyl (C=O) groups excluding carboxylic acids is 1. The standard InChI is InChI=1S/C19H18ClN3O3/c1-4-13-5-7-14(8-6-13)18-22-15(26-23-18)10-25-19(24)16-11(2)9-12(3)21-17(16)20/h5-9H,4,10H2,1-3H3. The number of ether oxygens (including phenoxy) is 1. The first-order valence-corrected chi connectivity index (χ1v) is 8.58. The monoisotopic (exact) mass is 371 g/mol. The van der Waals surface area contributed by atoms with Crippen molar-refractivity contribution >= 4 is 17.6 Å². The van der Waals surface area contributed by atoms with E-state index in [1.807, 2.05) is 24.3 Å². The minimum atomic E-state index is -0.577. The molecule has 26 heavy (non-hydrogen) atoms. The van der Waals surface area contributed by atoms with Crippen molar-refractivity contribution < 1.29 is 14.1 Å². The lowest BCUT2D eigenvalue weighted by molar-refractivity contribution is 0.0428. The van der Waals surface area contributed by atoms with Crippen LogP contribution in [-0.4, -0.2) is 21.1 Å². The molecule has 3 rings (SSSR count). The molecule has 0 amide bonds. The minimum absolute atomic E-state index is 0.120. The molecule has 3 aromatic rings. The van der Waals surface area contributed by atoms with E-state index in [0.717, 1.165) is 17.7 Å². The van der Waals surface area contributed by atoms with E-state index in [2.05, 4.69) is 22.0 Å². The van der Waals surface area contributed by atoms with E-state index in [0.29, 0.717) is 11.4 Å². The lowest BCUT2D eigenvalue weighted by Crippen LogP contribution is -2.09. The summed E-state index contributed by atoms with van der Waals surface area (Å²) < 4.78 is 10.4. The van der Waals surface area contributed by atoms with Crippen LogP contribution in [-0.2, 0) is 17.8 Å². The third-order valence-electron chi connectivity index (χ3n) is 3.92. The average molecular weight is 372 g/mol. The Morgan fingerprint density at radius 1 is 1.19 bits per heavy atom. The summed E-state index contributed by atoms with van der Waals surface area (Å²) in [5.41, 5.74) is 3.75. The summed E-state index contributed by atoms with van der Waals surface area (Å²) in [5.74, 6) is 0.0822. The summed E-state index contributed by atoms with van der Waals surface area (Å²) >= 11 is 6.06. The van der Waals surface area contributed by atoms with Gasteiger partial charge in [-0.05, 0) is 37.5 Å². The fourth-order valence-corrected chi connectivity index (χ4v) is 2.92. The lowest BCUT2D eigenvalue weighted by atomic mass is 10.1. The highest BCUT2D eigenvalue weighted by atomic mass is 35.5. The van der Waals surface area contributed by atoms with Gasteiger partial charge in [-0.15, -0.1) is 0 Å². The molecule has 0 fully saturated rings. The number of aryl methyl sites for hydroxylation is 3. The number of rotatable bonds is 5. The summed E-state index contributed by atoms with van der Waals surface area (Å²) in [6, 6.07) is 9.66. The van der Waals surface area contributed by atoms with E-state index in [4.69, 9.17) is 20.9 Å². The third kappa shape index (κ3) is 3.91. The molecule has 1 aromatic carbocycles. The first kappa shape index (κ1) is 18.1. The molecule has 134 valence electrons. The number of benzene rings is 1. The molecule has 0 N–H and O–H groups in total. The van der Waals surface area contributed by atoms with Crippen LogP contribution < -0.4 is 0 Å². The number of esters is 1. The molecule has 7 heteroatoms. The van der Waals surface area contributed by atoms with E-state index in [1.165, 1.54) is 5.56 Å². The van der Waals surface area contributed by atoms with Gasteiger partial charge in [-0.1, -0.05) is 47.9 Å². The Hall–Kier alpha value is -2.73. The van der Waals surface area contributed by atoms with Gasteiger partial charge in [-0.2, -0.15) is 4.98 Å². The first-order chi connectivity index (χ1) is 12.5. The molecule has 0 aliphatic carbocycles. The van der Waals surface area contributed by atoms with Crippen LogP contribution >= 0.6 is 11.6 Å². The fraction of sp³-hybridized carbons (Fsp3) is 0.263. The van der Waals surface area contributed by atoms with E-state index < -0.39 is 5.97 Å². The quantitative estimate of drug-likeness (QED) is 0.491. The predicted octanol–water partition coefficient (Wildman–Crippen LogP) is 4.32. The van der Waals surface area contributed by atoms with E-state index in [1.54, 1.807) is 19.9 Å². The van der Waals surface area contributed by atoms with Crippen molar-refractivity contribution in [3.63, 3.8) is 0 Å². The lowest BCUT2D eigenvalue weighted by Gasteiger charge is -2.07. The molecule has 0 aliphatic heterocycles. The van der Waals surface area contributed by atoms with Crippen molar-refractivity contribution in [3.05, 3.63) is 63.8 Å². The molecule has 0 aliphatic rings. The maximum absolute atomic E-state index is 12.3. The molecule has 2 heterocycles. The van der Waals surface area contributed by atoms with Crippen molar-refractivity contribution in [2.24, 2.45) is 0 Å². The van der Waals surface area contributed by atoms with Gasteiger partial charge in [0.15, 0.2) is 6.61 Å². The average Bonchev–Trinajstić information content (AvgIpc) is 3.08. The van der Waals surface area contributed by atoms with E-state index in [-0.39, 0.29) is 23.2 Å². The Labute approximate surface area is 156 Å². The predicted molar refractivity (Wildman–Crippen MR) is 97.0 cm³/mol. The van der Waals surface area contributed by atoms with Crippen molar-refractivity contribution in [2.75, 3.05) is 0 Å². The number of carbonyl (C=O) groups is 1. The van der Waals surface area contributed by atoms with Crippen molar-refractivity contribution in [2.45, 2.75) is 33.8 Å². The van der Waals surface area contributed by atoms with Crippen LogP contribution in [0.3, 0.4) is 0 Å². The zero-order valence-electron chi connectivity index (χ0n) is 14.7. The number of aromatic nitrogens is 3. The Bertz CT molecular complexity index is 912. The molecule has 0 saturated heterocycles. The molecule has 0 radical (unpaired) electrons. The van der Waals surface area contributed by atoms with Gasteiger partial charge in [0, 0.05) is 11.3 Å². The van der Waals surface area contributed by atoms with Gasteiger partial charge in [0.1, 0.15) is 5.15 Å². The molecule has 0 spiro atoms. The summed E-state index contributed by atoms with van der Waals surface area (Å²) in [4.78, 5) is 20.6. The second kappa shape index (κ2) is 7.66. The van der Waals surface area contributed by atoms with Crippen LogP contribution in [0, 0.1) is 13.8 Å². The number of hydrogen-bond donors (Lipinski definition) is 0. The van der Waals surface area contributed by atoms with Crippen LogP contribution in [0.1, 0.15) is 40.0 Å². The molecule has 0 atom stereocenters. The number of halogens is 1. The summed E-state index contributed by atoms with van der Waals surface area (Å²) in [6.45, 7) is 5.54. The van der Waals surface area contributed by atoms with Crippen molar-refractivity contribution in [3.8, 4) is 11.4 Å². The van der Waals surface area contributed by atoms with Crippen molar-refractivity contribution in [1.29, 1.82) is 0 Å². The van der Waals surface area contributed by atoms with Crippen LogP contribution in [0.4, 0.5) is 0 Å². The second-order valence-corrected chi connectivity index (χ2v) is 6.24.